The van der Waals surface area contributed by atoms with E-state index in [4.69, 9.17) is 4.74 Å². The van der Waals surface area contributed by atoms with Crippen molar-refractivity contribution in [3.63, 3.8) is 0 Å². The molecule has 2 fully saturated rings. The minimum absolute atomic E-state index is 0.154. The molecular formula is C25H26N6O2. The Morgan fingerprint density at radius 1 is 1.15 bits per heavy atom. The van der Waals surface area contributed by atoms with Crippen LogP contribution in [0.4, 0.5) is 5.82 Å². The Hall–Kier alpha value is -3.39. The molecule has 2 aromatic carbocycles. The summed E-state index contributed by atoms with van der Waals surface area (Å²) in [5.41, 5.74) is 5.11. The number of aromatic nitrogens is 4. The van der Waals surface area contributed by atoms with E-state index < -0.39 is 0 Å². The van der Waals surface area contributed by atoms with E-state index in [1.54, 1.807) is 0 Å². The lowest BCUT2D eigenvalue weighted by Gasteiger charge is -2.39. The first kappa shape index (κ1) is 19.1. The van der Waals surface area contributed by atoms with E-state index in [2.05, 4.69) is 56.6 Å². The van der Waals surface area contributed by atoms with E-state index in [9.17, 15) is 4.79 Å². The van der Waals surface area contributed by atoms with Gasteiger partial charge >= 0.3 is 5.69 Å². The number of H-pyrrole nitrogens is 1. The summed E-state index contributed by atoms with van der Waals surface area (Å²) < 4.78 is 8.31. The van der Waals surface area contributed by atoms with Gasteiger partial charge < -0.3 is 15.0 Å². The molecule has 3 aliphatic rings. The van der Waals surface area contributed by atoms with Gasteiger partial charge in [0.05, 0.1) is 29.2 Å². The van der Waals surface area contributed by atoms with Gasteiger partial charge in [0.2, 0.25) is 0 Å². The molecule has 0 spiro atoms. The van der Waals surface area contributed by atoms with Crippen LogP contribution in [-0.4, -0.2) is 52.0 Å². The Kier molecular flexibility index (Phi) is 4.08. The molecule has 0 radical (unpaired) electrons. The van der Waals surface area contributed by atoms with Crippen molar-refractivity contribution in [1.29, 1.82) is 0 Å². The lowest BCUT2D eigenvalue weighted by molar-refractivity contribution is 0.284. The van der Waals surface area contributed by atoms with Crippen LogP contribution in [0.1, 0.15) is 30.9 Å². The Morgan fingerprint density at radius 3 is 2.94 bits per heavy atom. The Balaban J connectivity index is 1.57. The van der Waals surface area contributed by atoms with Crippen molar-refractivity contribution in [2.24, 2.45) is 0 Å². The van der Waals surface area contributed by atoms with Gasteiger partial charge in [-0.25, -0.2) is 4.79 Å². The lowest BCUT2D eigenvalue weighted by atomic mass is 9.95. The first-order valence-electron chi connectivity index (χ1n) is 11.8. The minimum Gasteiger partial charge on any atom is -0.493 e. The molecule has 8 nitrogen and oxygen atoms in total. The highest BCUT2D eigenvalue weighted by Crippen LogP contribution is 2.44. The normalized spacial score (nSPS) is 20.4. The monoisotopic (exact) mass is 442 g/mol. The number of aryl methyl sites for hydroxylation is 1. The van der Waals surface area contributed by atoms with Gasteiger partial charge in [0.25, 0.3) is 0 Å². The third-order valence-corrected chi connectivity index (χ3v) is 7.34. The molecule has 2 aromatic heterocycles. The zero-order chi connectivity index (χ0) is 22.1. The zero-order valence-corrected chi connectivity index (χ0v) is 18.6. The van der Waals surface area contributed by atoms with E-state index in [-0.39, 0.29) is 17.8 Å². The summed E-state index contributed by atoms with van der Waals surface area (Å²) in [5.74, 6) is 1.59. The van der Waals surface area contributed by atoms with Crippen LogP contribution in [-0.2, 0) is 0 Å². The molecule has 2 aliphatic heterocycles. The van der Waals surface area contributed by atoms with Gasteiger partial charge in [-0.05, 0) is 54.7 Å². The summed E-state index contributed by atoms with van der Waals surface area (Å²) in [7, 11) is 0. The molecule has 2 N–H and O–H groups in total. The molecule has 1 atom stereocenters. The second kappa shape index (κ2) is 7.05. The van der Waals surface area contributed by atoms with Crippen molar-refractivity contribution in [2.75, 3.05) is 31.1 Å². The average Bonchev–Trinajstić information content (AvgIpc) is 3.53. The number of fused-ring (bicyclic) bond motifs is 3. The Labute approximate surface area is 190 Å². The first-order valence-corrected chi connectivity index (χ1v) is 11.8. The second-order valence-electron chi connectivity index (χ2n) is 9.46. The number of hydrogen-bond donors (Lipinski definition) is 2. The topological polar surface area (TPSA) is 88.1 Å². The van der Waals surface area contributed by atoms with Crippen LogP contribution in [0.3, 0.4) is 0 Å². The van der Waals surface area contributed by atoms with Crippen molar-refractivity contribution in [2.45, 2.75) is 38.3 Å². The number of piperazine rings is 1. The molecule has 7 rings (SSSR count). The van der Waals surface area contributed by atoms with Gasteiger partial charge in [0, 0.05) is 43.5 Å². The van der Waals surface area contributed by atoms with Crippen molar-refractivity contribution in [3.05, 3.63) is 46.5 Å². The summed E-state index contributed by atoms with van der Waals surface area (Å²) in [6, 6.07) is 8.97. The predicted octanol–water partition coefficient (Wildman–Crippen LogP) is 3.14. The van der Waals surface area contributed by atoms with Crippen LogP contribution < -0.4 is 20.6 Å². The molecule has 4 aromatic rings. The van der Waals surface area contributed by atoms with Crippen LogP contribution in [0, 0.1) is 6.92 Å². The summed E-state index contributed by atoms with van der Waals surface area (Å²) in [4.78, 5) is 20.3. The van der Waals surface area contributed by atoms with E-state index in [0.717, 1.165) is 89.0 Å². The van der Waals surface area contributed by atoms with Crippen LogP contribution in [0.25, 0.3) is 32.9 Å². The number of anilines is 1. The molecule has 1 saturated heterocycles. The molecule has 1 saturated carbocycles. The number of ether oxygens (including phenoxy) is 1. The van der Waals surface area contributed by atoms with E-state index in [1.165, 1.54) is 0 Å². The fourth-order valence-electron chi connectivity index (χ4n) is 5.58. The Bertz CT molecular complexity index is 1470. The van der Waals surface area contributed by atoms with Crippen molar-refractivity contribution in [3.8, 4) is 16.9 Å². The number of benzene rings is 2. The maximum atomic E-state index is 13.3. The third-order valence-electron chi connectivity index (χ3n) is 7.34. The van der Waals surface area contributed by atoms with Crippen molar-refractivity contribution in [1.82, 2.24) is 25.1 Å². The highest BCUT2D eigenvalue weighted by atomic mass is 16.5. The standard InChI is InChI=1S/C25H26N6O2/c1-14-2-5-19-18(13-27-29-19)22(14)15-10-20-23-21(11-15)33-9-6-17-12-26-7-8-30(17)24(23)28-25(32)31(20)16-3-4-16/h2,5,10-11,13,16-17,26H,3-4,6-9,12H2,1H3,(H,27,29). The molecular weight excluding hydrogens is 416 g/mol. The predicted molar refractivity (Wildman–Crippen MR) is 128 cm³/mol. The number of hydrogen-bond acceptors (Lipinski definition) is 6. The molecule has 1 aliphatic carbocycles. The number of nitrogens with one attached hydrogen (secondary N) is 2. The van der Waals surface area contributed by atoms with Crippen molar-refractivity contribution < 1.29 is 4.74 Å². The van der Waals surface area contributed by atoms with Crippen LogP contribution in [0.15, 0.2) is 35.3 Å². The average molecular weight is 443 g/mol. The maximum absolute atomic E-state index is 13.3. The summed E-state index contributed by atoms with van der Waals surface area (Å²) >= 11 is 0. The maximum Gasteiger partial charge on any atom is 0.350 e. The van der Waals surface area contributed by atoms with Gasteiger partial charge in [-0.2, -0.15) is 10.1 Å². The van der Waals surface area contributed by atoms with Gasteiger partial charge in [0.1, 0.15) is 11.6 Å². The van der Waals surface area contributed by atoms with Crippen LogP contribution >= 0.6 is 0 Å². The fourth-order valence-corrected chi connectivity index (χ4v) is 5.58. The molecule has 168 valence electrons. The van der Waals surface area contributed by atoms with Gasteiger partial charge in [-0.3, -0.25) is 9.67 Å². The highest BCUT2D eigenvalue weighted by molar-refractivity contribution is 6.03. The van der Waals surface area contributed by atoms with E-state index >= 15 is 0 Å². The van der Waals surface area contributed by atoms with Crippen molar-refractivity contribution >= 4 is 27.6 Å². The minimum atomic E-state index is -0.154. The molecule has 33 heavy (non-hydrogen) atoms. The largest absolute Gasteiger partial charge is 0.493 e. The molecule has 0 bridgehead atoms. The quantitative estimate of drug-likeness (QED) is 0.496. The summed E-state index contributed by atoms with van der Waals surface area (Å²) in [6.45, 7) is 5.37. The summed E-state index contributed by atoms with van der Waals surface area (Å²) in [6.07, 6.45) is 4.80. The zero-order valence-electron chi connectivity index (χ0n) is 18.6. The molecule has 4 heterocycles. The van der Waals surface area contributed by atoms with Crippen LogP contribution in [0.5, 0.6) is 5.75 Å². The third kappa shape index (κ3) is 2.90. The fraction of sp³-hybridized carbons (Fsp3) is 0.400. The van der Waals surface area contributed by atoms with Gasteiger partial charge in [-0.15, -0.1) is 0 Å². The number of aromatic amines is 1. The van der Waals surface area contributed by atoms with Crippen LogP contribution in [0.2, 0.25) is 0 Å². The van der Waals surface area contributed by atoms with E-state index in [0.29, 0.717) is 6.61 Å². The lowest BCUT2D eigenvalue weighted by Crippen LogP contribution is -2.53. The molecule has 1 unspecified atom stereocenters. The molecule has 0 amide bonds. The Morgan fingerprint density at radius 2 is 2.06 bits per heavy atom. The number of rotatable bonds is 2. The highest BCUT2D eigenvalue weighted by Gasteiger charge is 2.33. The van der Waals surface area contributed by atoms with Gasteiger partial charge in [-0.1, -0.05) is 6.07 Å². The molecule has 8 heteroatoms. The summed E-state index contributed by atoms with van der Waals surface area (Å²) in [5, 5.41) is 12.9. The SMILES string of the molecule is Cc1ccc2[nH]ncc2c1-c1cc2c3c(nc(=O)n(C4CC4)c3c1)N1CCNCC1CCO2. The van der Waals surface area contributed by atoms with Gasteiger partial charge in [0.15, 0.2) is 0 Å². The second-order valence-corrected chi connectivity index (χ2v) is 9.46. The number of nitrogens with zero attached hydrogens (tertiary/aromatic N) is 4. The first-order chi connectivity index (χ1) is 16.2. The van der Waals surface area contributed by atoms with E-state index in [1.807, 2.05) is 10.8 Å². The smallest absolute Gasteiger partial charge is 0.350 e.